The Morgan fingerprint density at radius 2 is 1.90 bits per heavy atom. The van der Waals surface area contributed by atoms with Crippen molar-refractivity contribution in [2.75, 3.05) is 0 Å². The fourth-order valence-electron chi connectivity index (χ4n) is 2.06. The molecule has 1 heterocycles. The van der Waals surface area contributed by atoms with E-state index in [2.05, 4.69) is 5.32 Å². The average Bonchev–Trinajstić information content (AvgIpc) is 2.87. The number of hydrogen-bond acceptors (Lipinski definition) is 2. The van der Waals surface area contributed by atoms with Crippen molar-refractivity contribution in [2.24, 2.45) is 0 Å². The second-order valence-electron chi connectivity index (χ2n) is 4.56. The lowest BCUT2D eigenvalue weighted by atomic mass is 10.2. The largest absolute Gasteiger partial charge is 0.459 e. The minimum absolute atomic E-state index is 0.129. The monoisotopic (exact) mass is 287 g/mol. The van der Waals surface area contributed by atoms with E-state index in [0.717, 1.165) is 23.1 Å². The van der Waals surface area contributed by atoms with Crippen molar-refractivity contribution in [3.63, 3.8) is 0 Å². The SMILES string of the molecule is O=C(NCc1cc2ccccc2o1)c1ccc(F)cc1F. The molecule has 1 N–H and O–H groups in total. The van der Waals surface area contributed by atoms with Gasteiger partial charge in [0.05, 0.1) is 12.1 Å². The fourth-order valence-corrected chi connectivity index (χ4v) is 2.06. The second kappa shape index (κ2) is 5.36. The maximum Gasteiger partial charge on any atom is 0.254 e. The molecule has 0 saturated carbocycles. The minimum Gasteiger partial charge on any atom is -0.459 e. The summed E-state index contributed by atoms with van der Waals surface area (Å²) in [7, 11) is 0. The van der Waals surface area contributed by atoms with Crippen LogP contribution in [0.5, 0.6) is 0 Å². The lowest BCUT2D eigenvalue weighted by Gasteiger charge is -2.04. The van der Waals surface area contributed by atoms with E-state index in [-0.39, 0.29) is 12.1 Å². The molecular formula is C16H11F2NO2. The Kier molecular flexibility index (Phi) is 3.39. The van der Waals surface area contributed by atoms with E-state index in [1.54, 1.807) is 6.07 Å². The summed E-state index contributed by atoms with van der Waals surface area (Å²) in [5, 5.41) is 3.47. The highest BCUT2D eigenvalue weighted by molar-refractivity contribution is 5.94. The maximum absolute atomic E-state index is 13.5. The maximum atomic E-state index is 13.5. The van der Waals surface area contributed by atoms with Gasteiger partial charge in [0.2, 0.25) is 0 Å². The number of nitrogens with one attached hydrogen (secondary N) is 1. The normalized spacial score (nSPS) is 10.8. The molecule has 0 saturated heterocycles. The molecule has 0 bridgehead atoms. The van der Waals surface area contributed by atoms with Gasteiger partial charge in [0.1, 0.15) is 23.0 Å². The van der Waals surface area contributed by atoms with Crippen LogP contribution < -0.4 is 5.32 Å². The van der Waals surface area contributed by atoms with Crippen molar-refractivity contribution in [2.45, 2.75) is 6.54 Å². The molecule has 0 radical (unpaired) electrons. The highest BCUT2D eigenvalue weighted by Gasteiger charge is 2.13. The summed E-state index contributed by atoms with van der Waals surface area (Å²) in [5.41, 5.74) is 0.516. The quantitative estimate of drug-likeness (QED) is 0.799. The highest BCUT2D eigenvalue weighted by atomic mass is 19.1. The van der Waals surface area contributed by atoms with E-state index in [9.17, 15) is 13.6 Å². The third-order valence-electron chi connectivity index (χ3n) is 3.08. The van der Waals surface area contributed by atoms with Gasteiger partial charge in [0.25, 0.3) is 5.91 Å². The topological polar surface area (TPSA) is 42.2 Å². The molecule has 21 heavy (non-hydrogen) atoms. The smallest absolute Gasteiger partial charge is 0.254 e. The van der Waals surface area contributed by atoms with Crippen LogP contribution in [0.4, 0.5) is 8.78 Å². The summed E-state index contributed by atoms with van der Waals surface area (Å²) in [6, 6.07) is 12.1. The fraction of sp³-hybridized carbons (Fsp3) is 0.0625. The van der Waals surface area contributed by atoms with Gasteiger partial charge in [0, 0.05) is 11.5 Å². The van der Waals surface area contributed by atoms with E-state index in [1.807, 2.05) is 24.3 Å². The summed E-state index contributed by atoms with van der Waals surface area (Å²) in [5.74, 6) is -1.67. The molecular weight excluding hydrogens is 276 g/mol. The summed E-state index contributed by atoms with van der Waals surface area (Å²) >= 11 is 0. The number of furan rings is 1. The van der Waals surface area contributed by atoms with Crippen LogP contribution in [0.15, 0.2) is 52.9 Å². The standard InChI is InChI=1S/C16H11F2NO2/c17-11-5-6-13(14(18)8-11)16(20)19-9-12-7-10-3-1-2-4-15(10)21-12/h1-8H,9H2,(H,19,20). The summed E-state index contributed by atoms with van der Waals surface area (Å²) in [4.78, 5) is 11.9. The molecule has 3 nitrogen and oxygen atoms in total. The summed E-state index contributed by atoms with van der Waals surface area (Å²) in [6.45, 7) is 0.129. The predicted molar refractivity (Wildman–Crippen MR) is 73.7 cm³/mol. The number of fused-ring (bicyclic) bond motifs is 1. The number of amides is 1. The zero-order chi connectivity index (χ0) is 14.8. The Morgan fingerprint density at radius 3 is 2.67 bits per heavy atom. The highest BCUT2D eigenvalue weighted by Crippen LogP contribution is 2.18. The van der Waals surface area contributed by atoms with Crippen LogP contribution >= 0.6 is 0 Å². The van der Waals surface area contributed by atoms with Crippen LogP contribution in [-0.2, 0) is 6.54 Å². The first kappa shape index (κ1) is 13.3. The summed E-state index contributed by atoms with van der Waals surface area (Å²) in [6.07, 6.45) is 0. The van der Waals surface area contributed by atoms with Gasteiger partial charge >= 0.3 is 0 Å². The van der Waals surface area contributed by atoms with Crippen molar-refractivity contribution in [3.8, 4) is 0 Å². The molecule has 5 heteroatoms. The number of carbonyl (C=O) groups excluding carboxylic acids is 1. The molecule has 0 spiro atoms. The van der Waals surface area contributed by atoms with Crippen molar-refractivity contribution >= 4 is 16.9 Å². The Hall–Kier alpha value is -2.69. The molecule has 2 aromatic carbocycles. The molecule has 0 aliphatic carbocycles. The van der Waals surface area contributed by atoms with Crippen LogP contribution in [0.1, 0.15) is 16.1 Å². The first-order valence-electron chi connectivity index (χ1n) is 6.34. The van der Waals surface area contributed by atoms with E-state index >= 15 is 0 Å². The molecule has 0 unspecified atom stereocenters. The van der Waals surface area contributed by atoms with Gasteiger partial charge in [-0.1, -0.05) is 18.2 Å². The number of hydrogen-bond donors (Lipinski definition) is 1. The first-order chi connectivity index (χ1) is 10.1. The van der Waals surface area contributed by atoms with Crippen LogP contribution in [-0.4, -0.2) is 5.91 Å². The molecule has 3 rings (SSSR count). The van der Waals surface area contributed by atoms with Gasteiger partial charge in [0.15, 0.2) is 0 Å². The predicted octanol–water partition coefficient (Wildman–Crippen LogP) is 3.64. The average molecular weight is 287 g/mol. The number of rotatable bonds is 3. The van der Waals surface area contributed by atoms with Crippen LogP contribution in [0, 0.1) is 11.6 Å². The Labute approximate surface area is 119 Å². The van der Waals surface area contributed by atoms with Crippen LogP contribution in [0.25, 0.3) is 11.0 Å². The van der Waals surface area contributed by atoms with Gasteiger partial charge in [-0.25, -0.2) is 8.78 Å². The molecule has 0 aliphatic heterocycles. The lowest BCUT2D eigenvalue weighted by molar-refractivity contribution is 0.0944. The molecule has 1 aromatic heterocycles. The lowest BCUT2D eigenvalue weighted by Crippen LogP contribution is -2.23. The van der Waals surface area contributed by atoms with Crippen molar-refractivity contribution < 1.29 is 18.0 Å². The Morgan fingerprint density at radius 1 is 1.10 bits per heavy atom. The van der Waals surface area contributed by atoms with Gasteiger partial charge in [-0.3, -0.25) is 4.79 Å². The third kappa shape index (κ3) is 2.76. The van der Waals surface area contributed by atoms with Crippen molar-refractivity contribution in [1.29, 1.82) is 0 Å². The van der Waals surface area contributed by atoms with E-state index < -0.39 is 17.5 Å². The number of para-hydroxylation sites is 1. The van der Waals surface area contributed by atoms with E-state index in [4.69, 9.17) is 4.42 Å². The van der Waals surface area contributed by atoms with E-state index in [1.165, 1.54) is 0 Å². The van der Waals surface area contributed by atoms with Crippen molar-refractivity contribution in [1.82, 2.24) is 5.32 Å². The van der Waals surface area contributed by atoms with Crippen LogP contribution in [0.2, 0.25) is 0 Å². The molecule has 0 atom stereocenters. The third-order valence-corrected chi connectivity index (χ3v) is 3.08. The number of benzene rings is 2. The molecule has 106 valence electrons. The van der Waals surface area contributed by atoms with Crippen molar-refractivity contribution in [3.05, 3.63) is 71.5 Å². The second-order valence-corrected chi connectivity index (χ2v) is 4.56. The van der Waals surface area contributed by atoms with Gasteiger partial charge in [-0.15, -0.1) is 0 Å². The molecule has 3 aromatic rings. The Bertz CT molecular complexity index is 778. The Balaban J connectivity index is 1.73. The first-order valence-corrected chi connectivity index (χ1v) is 6.34. The summed E-state index contributed by atoms with van der Waals surface area (Å²) < 4.78 is 31.8. The molecule has 1 amide bonds. The zero-order valence-electron chi connectivity index (χ0n) is 10.9. The minimum atomic E-state index is -0.892. The number of halogens is 2. The van der Waals surface area contributed by atoms with Gasteiger partial charge in [-0.2, -0.15) is 0 Å². The molecule has 0 aliphatic rings. The van der Waals surface area contributed by atoms with Gasteiger partial charge < -0.3 is 9.73 Å². The van der Waals surface area contributed by atoms with Crippen LogP contribution in [0.3, 0.4) is 0 Å². The zero-order valence-corrected chi connectivity index (χ0v) is 10.9. The molecule has 0 fully saturated rings. The van der Waals surface area contributed by atoms with Gasteiger partial charge in [-0.05, 0) is 24.3 Å². The van der Waals surface area contributed by atoms with E-state index in [0.29, 0.717) is 11.8 Å². The number of carbonyl (C=O) groups is 1.